The van der Waals surface area contributed by atoms with Crippen LogP contribution in [0.5, 0.6) is 0 Å². The van der Waals surface area contributed by atoms with E-state index in [0.29, 0.717) is 0 Å². The van der Waals surface area contributed by atoms with Crippen molar-refractivity contribution >= 4 is 77.2 Å². The number of anilines is 6. The van der Waals surface area contributed by atoms with Crippen LogP contribution in [0.15, 0.2) is 231 Å². The Morgan fingerprint density at radius 1 is 0.167 bits per heavy atom. The molecule has 0 aliphatic heterocycles. The fraction of sp³-hybridized carbons (Fsp3) is 0. The van der Waals surface area contributed by atoms with E-state index in [0.717, 1.165) is 34.1 Å². The van der Waals surface area contributed by atoms with Crippen LogP contribution in [-0.4, -0.2) is 0 Å². The van der Waals surface area contributed by atoms with Crippen LogP contribution in [-0.2, 0) is 0 Å². The van der Waals surface area contributed by atoms with E-state index < -0.39 is 0 Å². The van der Waals surface area contributed by atoms with Crippen molar-refractivity contribution in [1.82, 2.24) is 0 Å². The zero-order valence-electron chi connectivity index (χ0n) is 29.8. The van der Waals surface area contributed by atoms with Crippen LogP contribution < -0.4 is 9.80 Å². The van der Waals surface area contributed by atoms with E-state index in [9.17, 15) is 0 Å². The zero-order chi connectivity index (χ0) is 36.1. The quantitative estimate of drug-likeness (QED) is 0.171. The van der Waals surface area contributed by atoms with Crippen LogP contribution in [0.2, 0.25) is 0 Å². The molecule has 0 spiro atoms. The SMILES string of the molecule is c1ccc(N(c2ccc3ccccc3c2)c2ccc3ccccc3c2)cc1.c1ccc(N(c2ccc3ccccc3c2)c2ccc3ccccc3c2)cc1. The van der Waals surface area contributed by atoms with Crippen molar-refractivity contribution < 1.29 is 0 Å². The van der Waals surface area contributed by atoms with Gasteiger partial charge in [0.05, 0.1) is 0 Å². The van der Waals surface area contributed by atoms with Gasteiger partial charge in [-0.3, -0.25) is 0 Å². The molecule has 0 fully saturated rings. The van der Waals surface area contributed by atoms with Crippen molar-refractivity contribution in [3.8, 4) is 0 Å². The second-order valence-electron chi connectivity index (χ2n) is 13.5. The van der Waals surface area contributed by atoms with E-state index in [1.807, 2.05) is 0 Å². The third kappa shape index (κ3) is 6.77. The second-order valence-corrected chi connectivity index (χ2v) is 13.5. The molecule has 0 heterocycles. The Kier molecular flexibility index (Phi) is 8.99. The molecule has 0 aliphatic rings. The monoisotopic (exact) mass is 690 g/mol. The van der Waals surface area contributed by atoms with E-state index in [1.54, 1.807) is 0 Å². The lowest BCUT2D eigenvalue weighted by Gasteiger charge is -2.26. The Morgan fingerprint density at radius 2 is 0.389 bits per heavy atom. The topological polar surface area (TPSA) is 6.48 Å². The lowest BCUT2D eigenvalue weighted by atomic mass is 10.1. The highest BCUT2D eigenvalue weighted by Crippen LogP contribution is 2.39. The van der Waals surface area contributed by atoms with Gasteiger partial charge in [0.25, 0.3) is 0 Å². The molecule has 10 aromatic rings. The summed E-state index contributed by atoms with van der Waals surface area (Å²) >= 11 is 0. The Labute approximate surface area is 316 Å². The number of hydrogen-bond donors (Lipinski definition) is 0. The van der Waals surface area contributed by atoms with Crippen LogP contribution in [0, 0.1) is 0 Å². The standard InChI is InChI=1S/2C26H19N/c2*1-2-12-24(13-3-1)27(25-16-14-20-8-4-6-10-22(20)18-25)26-17-15-21-9-5-7-11-23(21)19-26/h2*1-19H. The molecular formula is C52H38N2. The first-order valence-electron chi connectivity index (χ1n) is 18.4. The molecule has 2 heteroatoms. The van der Waals surface area contributed by atoms with Gasteiger partial charge in [0.1, 0.15) is 0 Å². The Bertz CT molecular complexity index is 2490. The number of benzene rings is 10. The number of para-hydroxylation sites is 2. The molecule has 0 N–H and O–H groups in total. The molecule has 0 atom stereocenters. The Morgan fingerprint density at radius 3 is 0.648 bits per heavy atom. The highest BCUT2D eigenvalue weighted by atomic mass is 15.1. The molecule has 10 rings (SSSR count). The lowest BCUT2D eigenvalue weighted by molar-refractivity contribution is 1.29. The molecule has 0 saturated carbocycles. The summed E-state index contributed by atoms with van der Waals surface area (Å²) in [6, 6.07) is 81.7. The summed E-state index contributed by atoms with van der Waals surface area (Å²) in [6.07, 6.45) is 0. The lowest BCUT2D eigenvalue weighted by Crippen LogP contribution is -2.09. The molecule has 0 aliphatic carbocycles. The highest BCUT2D eigenvalue weighted by molar-refractivity contribution is 5.94. The van der Waals surface area contributed by atoms with Gasteiger partial charge in [-0.25, -0.2) is 0 Å². The molecule has 0 radical (unpaired) electrons. The fourth-order valence-electron chi connectivity index (χ4n) is 7.31. The number of rotatable bonds is 6. The second kappa shape index (κ2) is 14.8. The Hall–Kier alpha value is -7.16. The van der Waals surface area contributed by atoms with Crippen LogP contribution in [0.4, 0.5) is 34.1 Å². The van der Waals surface area contributed by atoms with Crippen molar-refractivity contribution in [1.29, 1.82) is 0 Å². The predicted molar refractivity (Wildman–Crippen MR) is 232 cm³/mol. The first-order valence-corrected chi connectivity index (χ1v) is 18.4. The van der Waals surface area contributed by atoms with Crippen LogP contribution in [0.25, 0.3) is 43.1 Å². The van der Waals surface area contributed by atoms with Gasteiger partial charge in [0.15, 0.2) is 0 Å². The average molecular weight is 691 g/mol. The van der Waals surface area contributed by atoms with Gasteiger partial charge in [0, 0.05) is 34.1 Å². The minimum Gasteiger partial charge on any atom is -0.310 e. The smallest absolute Gasteiger partial charge is 0.0468 e. The first-order chi connectivity index (χ1) is 26.8. The van der Waals surface area contributed by atoms with Crippen molar-refractivity contribution in [3.63, 3.8) is 0 Å². The molecule has 2 nitrogen and oxygen atoms in total. The van der Waals surface area contributed by atoms with E-state index in [1.165, 1.54) is 43.1 Å². The van der Waals surface area contributed by atoms with Crippen LogP contribution in [0.1, 0.15) is 0 Å². The molecular weight excluding hydrogens is 653 g/mol. The summed E-state index contributed by atoms with van der Waals surface area (Å²) in [6.45, 7) is 0. The number of fused-ring (bicyclic) bond motifs is 4. The van der Waals surface area contributed by atoms with Gasteiger partial charge < -0.3 is 9.80 Å². The summed E-state index contributed by atoms with van der Waals surface area (Å²) in [4.78, 5) is 4.64. The van der Waals surface area contributed by atoms with Gasteiger partial charge in [-0.2, -0.15) is 0 Å². The summed E-state index contributed by atoms with van der Waals surface area (Å²) in [5.74, 6) is 0. The Balaban J connectivity index is 0.000000142. The number of nitrogens with zero attached hydrogens (tertiary/aromatic N) is 2. The minimum atomic E-state index is 1.16. The molecule has 0 saturated heterocycles. The third-order valence-corrected chi connectivity index (χ3v) is 9.99. The molecule has 0 amide bonds. The van der Waals surface area contributed by atoms with E-state index >= 15 is 0 Å². The summed E-state index contributed by atoms with van der Waals surface area (Å²) in [5.41, 5.74) is 6.96. The van der Waals surface area contributed by atoms with Gasteiger partial charge in [-0.1, -0.05) is 158 Å². The normalized spacial score (nSPS) is 11.0. The van der Waals surface area contributed by atoms with E-state index in [4.69, 9.17) is 0 Å². The largest absolute Gasteiger partial charge is 0.310 e. The van der Waals surface area contributed by atoms with E-state index in [-0.39, 0.29) is 0 Å². The van der Waals surface area contributed by atoms with Crippen molar-refractivity contribution in [2.75, 3.05) is 9.80 Å². The molecule has 54 heavy (non-hydrogen) atoms. The van der Waals surface area contributed by atoms with E-state index in [2.05, 4.69) is 240 Å². The average Bonchev–Trinajstić information content (AvgIpc) is 3.25. The highest BCUT2D eigenvalue weighted by Gasteiger charge is 2.15. The van der Waals surface area contributed by atoms with Crippen LogP contribution >= 0.6 is 0 Å². The maximum atomic E-state index is 2.32. The summed E-state index contributed by atoms with van der Waals surface area (Å²) < 4.78 is 0. The molecule has 0 bridgehead atoms. The van der Waals surface area contributed by atoms with Gasteiger partial charge in [-0.15, -0.1) is 0 Å². The van der Waals surface area contributed by atoms with Gasteiger partial charge >= 0.3 is 0 Å². The first kappa shape index (κ1) is 32.7. The van der Waals surface area contributed by atoms with Crippen molar-refractivity contribution in [2.45, 2.75) is 0 Å². The zero-order valence-corrected chi connectivity index (χ0v) is 29.8. The molecule has 0 aromatic heterocycles. The van der Waals surface area contributed by atoms with Gasteiger partial charge in [-0.05, 0) is 116 Å². The van der Waals surface area contributed by atoms with Crippen LogP contribution in [0.3, 0.4) is 0 Å². The fourth-order valence-corrected chi connectivity index (χ4v) is 7.31. The minimum absolute atomic E-state index is 1.16. The molecule has 10 aromatic carbocycles. The van der Waals surface area contributed by atoms with Gasteiger partial charge in [0.2, 0.25) is 0 Å². The maximum absolute atomic E-state index is 2.32. The summed E-state index contributed by atoms with van der Waals surface area (Å²) in [7, 11) is 0. The van der Waals surface area contributed by atoms with Crippen molar-refractivity contribution in [3.05, 3.63) is 231 Å². The van der Waals surface area contributed by atoms with Crippen molar-refractivity contribution in [2.24, 2.45) is 0 Å². The molecule has 0 unspecified atom stereocenters. The predicted octanol–water partition coefficient (Wildman–Crippen LogP) is 14.9. The molecule has 256 valence electrons. The number of hydrogen-bond acceptors (Lipinski definition) is 2. The maximum Gasteiger partial charge on any atom is 0.0468 e. The summed E-state index contributed by atoms with van der Waals surface area (Å²) in [5, 5.41) is 10.0. The third-order valence-electron chi connectivity index (χ3n) is 9.99.